The summed E-state index contributed by atoms with van der Waals surface area (Å²) in [4.78, 5) is 22.1. The Bertz CT molecular complexity index is 758. The number of carbonyl (C=O) groups is 1. The van der Waals surface area contributed by atoms with Crippen LogP contribution in [0.2, 0.25) is 0 Å². The minimum atomic E-state index is 0.0491. The van der Waals surface area contributed by atoms with Gasteiger partial charge in [-0.15, -0.1) is 0 Å². The van der Waals surface area contributed by atoms with Crippen molar-refractivity contribution in [1.29, 1.82) is 0 Å². The van der Waals surface area contributed by atoms with Crippen LogP contribution in [0.15, 0.2) is 36.5 Å². The number of carbonyl (C=O) groups excluding carboxylic acids is 1. The SMILES string of the molecule is CN1C[C@@H]2COC[C@H](C1)N(C(=O)c1cnc(-c3ccccc3)n1C)C2. The van der Waals surface area contributed by atoms with Crippen LogP contribution in [0, 0.1) is 5.92 Å². The molecule has 0 saturated carbocycles. The summed E-state index contributed by atoms with van der Waals surface area (Å²) in [6.07, 6.45) is 1.70. The van der Waals surface area contributed by atoms with E-state index in [1.165, 1.54) is 0 Å². The van der Waals surface area contributed by atoms with E-state index in [-0.39, 0.29) is 11.9 Å². The molecule has 0 radical (unpaired) electrons. The lowest BCUT2D eigenvalue weighted by Crippen LogP contribution is -2.46. The second-order valence-electron chi connectivity index (χ2n) is 7.13. The Kier molecular flexibility index (Phi) is 4.31. The summed E-state index contributed by atoms with van der Waals surface area (Å²) in [5, 5.41) is 0. The largest absolute Gasteiger partial charge is 0.379 e. The average molecular weight is 340 g/mol. The Labute approximate surface area is 148 Å². The topological polar surface area (TPSA) is 50.6 Å². The highest BCUT2D eigenvalue weighted by Gasteiger charge is 2.36. The molecule has 2 aliphatic rings. The molecule has 25 heavy (non-hydrogen) atoms. The third kappa shape index (κ3) is 3.07. The van der Waals surface area contributed by atoms with Crippen LogP contribution < -0.4 is 0 Å². The molecule has 0 unspecified atom stereocenters. The van der Waals surface area contributed by atoms with Crippen molar-refractivity contribution < 1.29 is 9.53 Å². The van der Waals surface area contributed by atoms with Crippen LogP contribution in [0.5, 0.6) is 0 Å². The third-order valence-electron chi connectivity index (χ3n) is 5.15. The Hall–Kier alpha value is -2.18. The molecule has 2 saturated heterocycles. The molecular formula is C19H24N4O2. The van der Waals surface area contributed by atoms with Gasteiger partial charge in [0.2, 0.25) is 0 Å². The fourth-order valence-electron chi connectivity index (χ4n) is 3.94. The summed E-state index contributed by atoms with van der Waals surface area (Å²) in [5.74, 6) is 1.23. The zero-order valence-electron chi connectivity index (χ0n) is 14.8. The molecule has 2 bridgehead atoms. The lowest BCUT2D eigenvalue weighted by molar-refractivity contribution is 0.0478. The molecule has 0 N–H and O–H groups in total. The maximum atomic E-state index is 13.3. The Morgan fingerprint density at radius 2 is 1.92 bits per heavy atom. The number of imidazole rings is 1. The van der Waals surface area contributed by atoms with E-state index in [4.69, 9.17) is 4.74 Å². The Morgan fingerprint density at radius 3 is 2.72 bits per heavy atom. The van der Waals surface area contributed by atoms with Crippen molar-refractivity contribution in [3.8, 4) is 11.4 Å². The minimum Gasteiger partial charge on any atom is -0.379 e. The molecule has 132 valence electrons. The number of hydrogen-bond acceptors (Lipinski definition) is 4. The summed E-state index contributed by atoms with van der Waals surface area (Å²) in [5.41, 5.74) is 1.65. The molecule has 4 rings (SSSR count). The highest BCUT2D eigenvalue weighted by atomic mass is 16.5. The van der Waals surface area contributed by atoms with Crippen LogP contribution >= 0.6 is 0 Å². The fraction of sp³-hybridized carbons (Fsp3) is 0.474. The highest BCUT2D eigenvalue weighted by Crippen LogP contribution is 2.23. The van der Waals surface area contributed by atoms with Crippen molar-refractivity contribution in [1.82, 2.24) is 19.4 Å². The van der Waals surface area contributed by atoms with E-state index in [9.17, 15) is 4.79 Å². The molecule has 1 aromatic heterocycles. The summed E-state index contributed by atoms with van der Waals surface area (Å²) in [7, 11) is 4.03. The Balaban J connectivity index is 1.64. The molecule has 1 amide bonds. The normalized spacial score (nSPS) is 24.2. The summed E-state index contributed by atoms with van der Waals surface area (Å²) in [6.45, 7) is 3.91. The first-order valence-corrected chi connectivity index (χ1v) is 8.78. The van der Waals surface area contributed by atoms with Gasteiger partial charge in [-0.05, 0) is 7.05 Å². The number of benzene rings is 1. The van der Waals surface area contributed by atoms with E-state index in [2.05, 4.69) is 16.9 Å². The molecular weight excluding hydrogens is 316 g/mol. The van der Waals surface area contributed by atoms with Crippen LogP contribution in [-0.4, -0.2) is 71.2 Å². The van der Waals surface area contributed by atoms with Crippen LogP contribution in [-0.2, 0) is 11.8 Å². The zero-order valence-corrected chi connectivity index (χ0v) is 14.8. The first kappa shape index (κ1) is 16.3. The second kappa shape index (κ2) is 6.61. The minimum absolute atomic E-state index is 0.0491. The van der Waals surface area contributed by atoms with Crippen molar-refractivity contribution in [3.63, 3.8) is 0 Å². The van der Waals surface area contributed by atoms with E-state index < -0.39 is 0 Å². The van der Waals surface area contributed by atoms with E-state index in [0.29, 0.717) is 18.2 Å². The van der Waals surface area contributed by atoms with Gasteiger partial charge in [-0.2, -0.15) is 0 Å². The van der Waals surface area contributed by atoms with Gasteiger partial charge in [0.05, 0.1) is 25.5 Å². The van der Waals surface area contributed by atoms with Crippen molar-refractivity contribution in [3.05, 3.63) is 42.2 Å². The van der Waals surface area contributed by atoms with Gasteiger partial charge in [-0.25, -0.2) is 4.98 Å². The Morgan fingerprint density at radius 1 is 1.12 bits per heavy atom. The number of ether oxygens (including phenoxy) is 1. The predicted molar refractivity (Wildman–Crippen MR) is 95.3 cm³/mol. The second-order valence-corrected chi connectivity index (χ2v) is 7.13. The summed E-state index contributed by atoms with van der Waals surface area (Å²) < 4.78 is 7.69. The summed E-state index contributed by atoms with van der Waals surface area (Å²) in [6, 6.07) is 10.1. The van der Waals surface area contributed by atoms with Crippen LogP contribution in [0.1, 0.15) is 10.5 Å². The monoisotopic (exact) mass is 340 g/mol. The van der Waals surface area contributed by atoms with Gasteiger partial charge in [0.25, 0.3) is 5.91 Å². The maximum absolute atomic E-state index is 13.3. The molecule has 6 nitrogen and oxygen atoms in total. The van der Waals surface area contributed by atoms with Gasteiger partial charge < -0.3 is 19.1 Å². The molecule has 6 heteroatoms. The quantitative estimate of drug-likeness (QED) is 0.831. The van der Waals surface area contributed by atoms with E-state index in [1.54, 1.807) is 6.20 Å². The van der Waals surface area contributed by atoms with Crippen LogP contribution in [0.3, 0.4) is 0 Å². The molecule has 2 aliphatic heterocycles. The first-order valence-electron chi connectivity index (χ1n) is 8.78. The van der Waals surface area contributed by atoms with Gasteiger partial charge >= 0.3 is 0 Å². The maximum Gasteiger partial charge on any atom is 0.272 e. The van der Waals surface area contributed by atoms with Gasteiger partial charge in [0, 0.05) is 38.2 Å². The number of likely N-dealkylation sites (N-methyl/N-ethyl adjacent to an activating group) is 1. The number of nitrogens with zero attached hydrogens (tertiary/aromatic N) is 4. The zero-order chi connectivity index (χ0) is 17.4. The highest BCUT2D eigenvalue weighted by molar-refractivity contribution is 5.93. The van der Waals surface area contributed by atoms with Crippen molar-refractivity contribution in [2.45, 2.75) is 6.04 Å². The van der Waals surface area contributed by atoms with Gasteiger partial charge in [-0.3, -0.25) is 4.79 Å². The number of hydrogen-bond donors (Lipinski definition) is 0. The molecule has 2 fully saturated rings. The van der Waals surface area contributed by atoms with Gasteiger partial charge in [0.1, 0.15) is 11.5 Å². The third-order valence-corrected chi connectivity index (χ3v) is 5.15. The number of aromatic nitrogens is 2. The first-order chi connectivity index (χ1) is 12.1. The molecule has 2 atom stereocenters. The van der Waals surface area contributed by atoms with E-state index >= 15 is 0 Å². The van der Waals surface area contributed by atoms with Crippen LogP contribution in [0.4, 0.5) is 0 Å². The average Bonchev–Trinajstić information content (AvgIpc) is 2.77. The number of fused-ring (bicyclic) bond motifs is 3. The predicted octanol–water partition coefficient (Wildman–Crippen LogP) is 1.49. The smallest absolute Gasteiger partial charge is 0.272 e. The lowest BCUT2D eigenvalue weighted by Gasteiger charge is -2.29. The molecule has 2 aromatic rings. The summed E-state index contributed by atoms with van der Waals surface area (Å²) >= 11 is 0. The number of rotatable bonds is 2. The van der Waals surface area contributed by atoms with Crippen LogP contribution in [0.25, 0.3) is 11.4 Å². The number of amides is 1. The fourth-order valence-corrected chi connectivity index (χ4v) is 3.94. The molecule has 3 heterocycles. The molecule has 0 aliphatic carbocycles. The van der Waals surface area contributed by atoms with E-state index in [0.717, 1.165) is 37.6 Å². The lowest BCUT2D eigenvalue weighted by atomic mass is 10.1. The van der Waals surface area contributed by atoms with E-state index in [1.807, 2.05) is 46.8 Å². The molecule has 0 spiro atoms. The van der Waals surface area contributed by atoms with Crippen molar-refractivity contribution >= 4 is 5.91 Å². The van der Waals surface area contributed by atoms with Gasteiger partial charge in [-0.1, -0.05) is 30.3 Å². The van der Waals surface area contributed by atoms with Crippen molar-refractivity contribution in [2.24, 2.45) is 13.0 Å². The standard InChI is InChI=1S/C19H24N4O2/c1-21-9-14-10-23(16(11-21)13-25-12-14)19(24)17-8-20-18(22(17)2)15-6-4-3-5-7-15/h3-8,14,16H,9-13H2,1-2H3/t14-,16-/m0/s1. The van der Waals surface area contributed by atoms with Crippen molar-refractivity contribution in [2.75, 3.05) is 39.9 Å². The van der Waals surface area contributed by atoms with Gasteiger partial charge in [0.15, 0.2) is 0 Å². The molecule has 1 aromatic carbocycles.